The van der Waals surface area contributed by atoms with Crippen molar-refractivity contribution >= 4 is 0 Å². The van der Waals surface area contributed by atoms with E-state index in [2.05, 4.69) is 10.00 Å². The first-order valence-corrected chi connectivity index (χ1v) is 5.31. The summed E-state index contributed by atoms with van der Waals surface area (Å²) in [5.74, 6) is 0. The molecule has 0 aromatic carbocycles. The normalized spacial score (nSPS) is 8.57. The maximum absolute atomic E-state index is 4.06. The highest BCUT2D eigenvalue weighted by molar-refractivity contribution is 5.02. The molecule has 0 spiro atoms. The van der Waals surface area contributed by atoms with Crippen LogP contribution in [-0.2, 0) is 13.6 Å². The second-order valence-electron chi connectivity index (χ2n) is 2.76. The number of aromatic nitrogens is 2. The highest BCUT2D eigenvalue weighted by atomic mass is 15.2. The molecule has 0 N–H and O–H groups in total. The van der Waals surface area contributed by atoms with Crippen LogP contribution in [0.1, 0.15) is 33.3 Å². The summed E-state index contributed by atoms with van der Waals surface area (Å²) < 4.78 is 1.82. The van der Waals surface area contributed by atoms with E-state index in [1.807, 2.05) is 65.9 Å². The summed E-state index contributed by atoms with van der Waals surface area (Å²) in [4.78, 5) is 2.12. The Kier molecular flexibility index (Phi) is 11.4. The Morgan fingerprint density at radius 3 is 2.00 bits per heavy atom. The van der Waals surface area contributed by atoms with Gasteiger partial charge < -0.3 is 4.90 Å². The Morgan fingerprint density at radius 2 is 1.71 bits per heavy atom. The van der Waals surface area contributed by atoms with E-state index in [1.54, 1.807) is 0 Å². The van der Waals surface area contributed by atoms with Gasteiger partial charge in [-0.25, -0.2) is 0 Å². The predicted octanol–water partition coefficient (Wildman–Crippen LogP) is 2.53. The zero-order valence-corrected chi connectivity index (χ0v) is 10.7. The van der Waals surface area contributed by atoms with Crippen LogP contribution in [0.4, 0.5) is 0 Å². The number of rotatable bonds is 2. The second kappa shape index (κ2) is 10.3. The highest BCUT2D eigenvalue weighted by Crippen LogP contribution is 1.97. The zero-order chi connectivity index (χ0) is 11.6. The van der Waals surface area contributed by atoms with Gasteiger partial charge in [0.1, 0.15) is 0 Å². The minimum atomic E-state index is 0.966. The molecule has 1 rings (SSSR count). The smallest absolute Gasteiger partial charge is 0.0534 e. The summed E-state index contributed by atoms with van der Waals surface area (Å²) in [6, 6.07) is 0. The third-order valence-electron chi connectivity index (χ3n) is 1.26. The van der Waals surface area contributed by atoms with Crippen molar-refractivity contribution in [3.05, 3.63) is 18.0 Å². The van der Waals surface area contributed by atoms with Gasteiger partial charge in [-0.1, -0.05) is 27.7 Å². The molecule has 0 aliphatic heterocycles. The van der Waals surface area contributed by atoms with Crippen molar-refractivity contribution in [3.63, 3.8) is 0 Å². The number of nitrogens with zero attached hydrogens (tertiary/aromatic N) is 3. The quantitative estimate of drug-likeness (QED) is 0.730. The first-order valence-electron chi connectivity index (χ1n) is 5.31. The molecular weight excluding hydrogens is 174 g/mol. The topological polar surface area (TPSA) is 21.1 Å². The molecule has 3 nitrogen and oxygen atoms in total. The third-order valence-corrected chi connectivity index (χ3v) is 1.26. The van der Waals surface area contributed by atoms with E-state index in [0.717, 1.165) is 6.54 Å². The molecule has 1 aromatic heterocycles. The van der Waals surface area contributed by atoms with E-state index >= 15 is 0 Å². The standard InChI is InChI=1S/C7H13N3.2C2H6/c1-9(2)5-7-4-8-10(3)6-7;2*1-2/h4,6H,5H2,1-3H3;2*1-2H3. The molecule has 1 aromatic rings. The van der Waals surface area contributed by atoms with Crippen LogP contribution < -0.4 is 0 Å². The lowest BCUT2D eigenvalue weighted by Gasteiger charge is -2.05. The molecule has 0 saturated heterocycles. The zero-order valence-electron chi connectivity index (χ0n) is 10.7. The third kappa shape index (κ3) is 7.80. The van der Waals surface area contributed by atoms with Crippen LogP contribution in [0.25, 0.3) is 0 Å². The van der Waals surface area contributed by atoms with Crippen molar-refractivity contribution < 1.29 is 0 Å². The van der Waals surface area contributed by atoms with Crippen molar-refractivity contribution in [2.45, 2.75) is 34.2 Å². The van der Waals surface area contributed by atoms with Gasteiger partial charge in [0.15, 0.2) is 0 Å². The van der Waals surface area contributed by atoms with Gasteiger partial charge >= 0.3 is 0 Å². The van der Waals surface area contributed by atoms with E-state index in [9.17, 15) is 0 Å². The van der Waals surface area contributed by atoms with Crippen molar-refractivity contribution in [3.8, 4) is 0 Å². The molecule has 0 bridgehead atoms. The monoisotopic (exact) mass is 199 g/mol. The van der Waals surface area contributed by atoms with Gasteiger partial charge in [0.25, 0.3) is 0 Å². The predicted molar refractivity (Wildman–Crippen MR) is 63.3 cm³/mol. The maximum Gasteiger partial charge on any atom is 0.0534 e. The molecule has 14 heavy (non-hydrogen) atoms. The van der Waals surface area contributed by atoms with Gasteiger partial charge in [0, 0.05) is 25.4 Å². The van der Waals surface area contributed by atoms with Crippen molar-refractivity contribution in [2.24, 2.45) is 7.05 Å². The Balaban J connectivity index is 0. The molecule has 0 saturated carbocycles. The summed E-state index contributed by atoms with van der Waals surface area (Å²) >= 11 is 0. The van der Waals surface area contributed by atoms with Crippen LogP contribution >= 0.6 is 0 Å². The number of hydrogen-bond acceptors (Lipinski definition) is 2. The van der Waals surface area contributed by atoms with Crippen molar-refractivity contribution in [1.82, 2.24) is 14.7 Å². The first kappa shape index (κ1) is 15.6. The van der Waals surface area contributed by atoms with E-state index in [1.165, 1.54) is 5.56 Å². The fraction of sp³-hybridized carbons (Fsp3) is 0.727. The van der Waals surface area contributed by atoms with Crippen molar-refractivity contribution in [1.29, 1.82) is 0 Å². The number of hydrogen-bond donors (Lipinski definition) is 0. The van der Waals surface area contributed by atoms with E-state index < -0.39 is 0 Å². The Hall–Kier alpha value is -0.830. The molecule has 0 amide bonds. The molecule has 84 valence electrons. The molecule has 0 aliphatic carbocycles. The van der Waals surface area contributed by atoms with Crippen LogP contribution in [0, 0.1) is 0 Å². The largest absolute Gasteiger partial charge is 0.305 e. The lowest BCUT2D eigenvalue weighted by atomic mass is 10.3. The molecular formula is C11H25N3. The van der Waals surface area contributed by atoms with Crippen LogP contribution in [0.2, 0.25) is 0 Å². The van der Waals surface area contributed by atoms with Gasteiger partial charge in [-0.3, -0.25) is 4.68 Å². The van der Waals surface area contributed by atoms with E-state index in [0.29, 0.717) is 0 Å². The summed E-state index contributed by atoms with van der Waals surface area (Å²) in [5, 5.41) is 4.06. The van der Waals surface area contributed by atoms with Crippen LogP contribution in [0.3, 0.4) is 0 Å². The molecule has 3 heteroatoms. The molecule has 0 unspecified atom stereocenters. The second-order valence-corrected chi connectivity index (χ2v) is 2.76. The van der Waals surface area contributed by atoms with Crippen LogP contribution in [-0.4, -0.2) is 28.8 Å². The van der Waals surface area contributed by atoms with Gasteiger partial charge in [-0.15, -0.1) is 0 Å². The molecule has 1 heterocycles. The Labute approximate surface area is 88.7 Å². The summed E-state index contributed by atoms with van der Waals surface area (Å²) in [5.41, 5.74) is 1.26. The van der Waals surface area contributed by atoms with Gasteiger partial charge in [0.05, 0.1) is 6.20 Å². The fourth-order valence-electron chi connectivity index (χ4n) is 0.919. The summed E-state index contributed by atoms with van der Waals surface area (Å²) in [6.07, 6.45) is 3.92. The minimum Gasteiger partial charge on any atom is -0.305 e. The summed E-state index contributed by atoms with van der Waals surface area (Å²) in [7, 11) is 6.03. The fourth-order valence-corrected chi connectivity index (χ4v) is 0.919. The lowest BCUT2D eigenvalue weighted by molar-refractivity contribution is 0.402. The van der Waals surface area contributed by atoms with Crippen molar-refractivity contribution in [2.75, 3.05) is 14.1 Å². The SMILES string of the molecule is CC.CC.CN(C)Cc1cnn(C)c1. The molecule has 0 radical (unpaired) electrons. The summed E-state index contributed by atoms with van der Waals surface area (Å²) in [6.45, 7) is 8.97. The van der Waals surface area contributed by atoms with E-state index in [4.69, 9.17) is 0 Å². The Morgan fingerprint density at radius 1 is 1.21 bits per heavy atom. The first-order chi connectivity index (χ1) is 6.68. The maximum atomic E-state index is 4.06. The van der Waals surface area contributed by atoms with Crippen LogP contribution in [0.15, 0.2) is 12.4 Å². The van der Waals surface area contributed by atoms with Gasteiger partial charge in [-0.05, 0) is 14.1 Å². The molecule has 0 fully saturated rings. The minimum absolute atomic E-state index is 0.966. The highest BCUT2D eigenvalue weighted by Gasteiger charge is 1.95. The van der Waals surface area contributed by atoms with Gasteiger partial charge in [-0.2, -0.15) is 5.10 Å². The average Bonchev–Trinajstić information content (AvgIpc) is 2.57. The molecule has 0 atom stereocenters. The Bertz CT molecular complexity index is 204. The average molecular weight is 199 g/mol. The number of aryl methyl sites for hydroxylation is 1. The van der Waals surface area contributed by atoms with E-state index in [-0.39, 0.29) is 0 Å². The van der Waals surface area contributed by atoms with Gasteiger partial charge in [0.2, 0.25) is 0 Å². The lowest BCUT2D eigenvalue weighted by Crippen LogP contribution is -2.09. The van der Waals surface area contributed by atoms with Crippen LogP contribution in [0.5, 0.6) is 0 Å². The molecule has 0 aliphatic rings.